The minimum Gasteiger partial charge on any atom is -0.349 e. The predicted molar refractivity (Wildman–Crippen MR) is 106 cm³/mol. The van der Waals surface area contributed by atoms with Crippen molar-refractivity contribution in [3.63, 3.8) is 0 Å². The Hall–Kier alpha value is -3.03. The van der Waals surface area contributed by atoms with E-state index in [4.69, 9.17) is 4.98 Å². The highest BCUT2D eigenvalue weighted by Gasteiger charge is 2.31. The molecule has 1 amide bonds. The van der Waals surface area contributed by atoms with Gasteiger partial charge in [-0.3, -0.25) is 9.78 Å². The average Bonchev–Trinajstić information content (AvgIpc) is 3.30. The zero-order chi connectivity index (χ0) is 20.0. The van der Waals surface area contributed by atoms with Crippen LogP contribution < -0.4 is 10.2 Å². The standard InChI is InChI=1S/C21H23FN6O/c1-13(14-4-5-14)25-21(29)17-12-24-28-8-6-19(26-20(17)28)27-7-2-3-18(27)15-9-16(22)11-23-10-15/h6,8-14,18H,2-5,7H2,1H3,(H,25,29)/t13-,18?/m0/s1. The van der Waals surface area contributed by atoms with Crippen molar-refractivity contribution < 1.29 is 9.18 Å². The molecule has 2 fully saturated rings. The number of halogens is 1. The van der Waals surface area contributed by atoms with Gasteiger partial charge in [-0.2, -0.15) is 5.10 Å². The summed E-state index contributed by atoms with van der Waals surface area (Å²) in [4.78, 5) is 23.7. The zero-order valence-electron chi connectivity index (χ0n) is 16.3. The molecule has 3 aromatic heterocycles. The van der Waals surface area contributed by atoms with Crippen LogP contribution in [0.2, 0.25) is 0 Å². The highest BCUT2D eigenvalue weighted by molar-refractivity contribution is 5.99. The molecule has 5 rings (SSSR count). The minimum atomic E-state index is -0.336. The Kier molecular flexibility index (Phi) is 4.41. The van der Waals surface area contributed by atoms with E-state index in [0.717, 1.165) is 30.8 Å². The summed E-state index contributed by atoms with van der Waals surface area (Å²) in [5.74, 6) is 0.859. The molecule has 29 heavy (non-hydrogen) atoms. The van der Waals surface area contributed by atoms with E-state index in [-0.39, 0.29) is 23.8 Å². The highest BCUT2D eigenvalue weighted by Crippen LogP contribution is 2.35. The maximum atomic E-state index is 13.7. The summed E-state index contributed by atoms with van der Waals surface area (Å²) in [6.45, 7) is 2.86. The SMILES string of the molecule is C[C@H](NC(=O)c1cnn2ccc(N3CCCC3c3cncc(F)c3)nc12)C1CC1. The number of hydrogen-bond donors (Lipinski definition) is 1. The van der Waals surface area contributed by atoms with Gasteiger partial charge in [0.05, 0.1) is 18.4 Å². The molecule has 2 aliphatic rings. The number of fused-ring (bicyclic) bond motifs is 1. The molecule has 1 saturated carbocycles. The molecule has 2 atom stereocenters. The summed E-state index contributed by atoms with van der Waals surface area (Å²) in [6, 6.07) is 3.60. The van der Waals surface area contributed by atoms with Crippen molar-refractivity contribution in [1.29, 1.82) is 0 Å². The number of rotatable bonds is 5. The van der Waals surface area contributed by atoms with Crippen molar-refractivity contribution in [3.8, 4) is 0 Å². The smallest absolute Gasteiger partial charge is 0.256 e. The van der Waals surface area contributed by atoms with Gasteiger partial charge >= 0.3 is 0 Å². The van der Waals surface area contributed by atoms with E-state index in [0.29, 0.717) is 17.1 Å². The van der Waals surface area contributed by atoms with E-state index in [9.17, 15) is 9.18 Å². The number of aromatic nitrogens is 4. The molecular weight excluding hydrogens is 371 g/mol. The number of hydrogen-bond acceptors (Lipinski definition) is 5. The van der Waals surface area contributed by atoms with Gasteiger partial charge in [0.15, 0.2) is 5.65 Å². The van der Waals surface area contributed by atoms with Gasteiger partial charge < -0.3 is 10.2 Å². The molecule has 1 unspecified atom stereocenters. The predicted octanol–water partition coefficient (Wildman–Crippen LogP) is 3.13. The van der Waals surface area contributed by atoms with Gasteiger partial charge in [0, 0.05) is 25.0 Å². The molecule has 0 radical (unpaired) electrons. The molecular formula is C21H23FN6O. The van der Waals surface area contributed by atoms with Gasteiger partial charge in [-0.05, 0) is 56.2 Å². The van der Waals surface area contributed by atoms with Crippen LogP contribution in [0.25, 0.3) is 5.65 Å². The second-order valence-electron chi connectivity index (χ2n) is 8.00. The van der Waals surface area contributed by atoms with Crippen molar-refractivity contribution in [2.24, 2.45) is 5.92 Å². The first-order chi connectivity index (χ1) is 14.1. The first-order valence-corrected chi connectivity index (χ1v) is 10.1. The summed E-state index contributed by atoms with van der Waals surface area (Å²) in [6.07, 6.45) is 10.5. The lowest BCUT2D eigenvalue weighted by molar-refractivity contribution is 0.0937. The Morgan fingerprint density at radius 3 is 2.93 bits per heavy atom. The Morgan fingerprint density at radius 1 is 1.28 bits per heavy atom. The normalized spacial score (nSPS) is 20.2. The van der Waals surface area contributed by atoms with Gasteiger partial charge in [-0.15, -0.1) is 0 Å². The zero-order valence-corrected chi connectivity index (χ0v) is 16.3. The second kappa shape index (κ2) is 7.09. The van der Waals surface area contributed by atoms with E-state index in [2.05, 4.69) is 20.3 Å². The lowest BCUT2D eigenvalue weighted by Gasteiger charge is -2.26. The Balaban J connectivity index is 1.45. The number of amides is 1. The maximum absolute atomic E-state index is 13.7. The van der Waals surface area contributed by atoms with Gasteiger partial charge in [0.1, 0.15) is 17.2 Å². The van der Waals surface area contributed by atoms with Crippen molar-refractivity contribution in [2.45, 2.75) is 44.7 Å². The van der Waals surface area contributed by atoms with E-state index < -0.39 is 0 Å². The highest BCUT2D eigenvalue weighted by atomic mass is 19.1. The average molecular weight is 394 g/mol. The van der Waals surface area contributed by atoms with Crippen LogP contribution in [-0.2, 0) is 0 Å². The van der Waals surface area contributed by atoms with Crippen molar-refractivity contribution in [3.05, 3.63) is 53.9 Å². The van der Waals surface area contributed by atoms with Crippen LogP contribution >= 0.6 is 0 Å². The van der Waals surface area contributed by atoms with E-state index in [1.165, 1.54) is 25.1 Å². The van der Waals surface area contributed by atoms with Crippen LogP contribution in [0.1, 0.15) is 54.6 Å². The topological polar surface area (TPSA) is 75.4 Å². The van der Waals surface area contributed by atoms with Gasteiger partial charge in [-0.1, -0.05) is 0 Å². The molecule has 0 aromatic carbocycles. The van der Waals surface area contributed by atoms with Gasteiger partial charge in [0.25, 0.3) is 5.91 Å². The lowest BCUT2D eigenvalue weighted by atomic mass is 10.1. The Morgan fingerprint density at radius 2 is 2.14 bits per heavy atom. The Labute approximate surface area is 168 Å². The summed E-state index contributed by atoms with van der Waals surface area (Å²) in [7, 11) is 0. The van der Waals surface area contributed by atoms with Crippen molar-refractivity contribution in [2.75, 3.05) is 11.4 Å². The molecule has 1 saturated heterocycles. The minimum absolute atomic E-state index is 0.0169. The molecule has 0 spiro atoms. The Bertz CT molecular complexity index is 1060. The first kappa shape index (κ1) is 18.0. The maximum Gasteiger partial charge on any atom is 0.256 e. The molecule has 7 nitrogen and oxygen atoms in total. The van der Waals surface area contributed by atoms with Crippen LogP contribution in [0.4, 0.5) is 10.2 Å². The fraction of sp³-hybridized carbons (Fsp3) is 0.429. The molecule has 8 heteroatoms. The monoisotopic (exact) mass is 394 g/mol. The third kappa shape index (κ3) is 3.43. The largest absolute Gasteiger partial charge is 0.349 e. The molecule has 4 heterocycles. The third-order valence-electron chi connectivity index (χ3n) is 5.94. The van der Waals surface area contributed by atoms with Crippen LogP contribution in [0.5, 0.6) is 0 Å². The number of pyridine rings is 1. The third-order valence-corrected chi connectivity index (χ3v) is 5.94. The molecule has 1 aliphatic carbocycles. The van der Waals surface area contributed by atoms with Crippen molar-refractivity contribution in [1.82, 2.24) is 24.9 Å². The molecule has 150 valence electrons. The molecule has 1 aliphatic heterocycles. The van der Waals surface area contributed by atoms with Gasteiger partial charge in [-0.25, -0.2) is 13.9 Å². The van der Waals surface area contributed by atoms with E-state index in [1.54, 1.807) is 16.9 Å². The fourth-order valence-electron chi connectivity index (χ4n) is 4.18. The van der Waals surface area contributed by atoms with Crippen molar-refractivity contribution >= 4 is 17.4 Å². The number of nitrogens with zero attached hydrogens (tertiary/aromatic N) is 5. The van der Waals surface area contributed by atoms with Crippen LogP contribution in [0.15, 0.2) is 36.9 Å². The number of carbonyl (C=O) groups excluding carboxylic acids is 1. The van der Waals surface area contributed by atoms with E-state index >= 15 is 0 Å². The number of nitrogens with one attached hydrogen (secondary N) is 1. The summed E-state index contributed by atoms with van der Waals surface area (Å²) >= 11 is 0. The summed E-state index contributed by atoms with van der Waals surface area (Å²) in [5.41, 5.74) is 1.85. The molecule has 0 bridgehead atoms. The molecule has 1 N–H and O–H groups in total. The van der Waals surface area contributed by atoms with Crippen LogP contribution in [-0.4, -0.2) is 38.1 Å². The number of carbonyl (C=O) groups is 1. The first-order valence-electron chi connectivity index (χ1n) is 10.1. The van der Waals surface area contributed by atoms with Gasteiger partial charge in [0.2, 0.25) is 0 Å². The summed E-state index contributed by atoms with van der Waals surface area (Å²) in [5, 5.41) is 7.35. The summed E-state index contributed by atoms with van der Waals surface area (Å²) < 4.78 is 15.3. The van der Waals surface area contributed by atoms with E-state index in [1.807, 2.05) is 19.2 Å². The molecule has 3 aromatic rings. The van der Waals surface area contributed by atoms with Crippen LogP contribution in [0, 0.1) is 11.7 Å². The quantitative estimate of drug-likeness (QED) is 0.720. The van der Waals surface area contributed by atoms with Crippen LogP contribution in [0.3, 0.4) is 0 Å². The fourth-order valence-corrected chi connectivity index (χ4v) is 4.18. The number of anilines is 1. The second-order valence-corrected chi connectivity index (χ2v) is 8.00. The lowest BCUT2D eigenvalue weighted by Crippen LogP contribution is -2.34.